The largest absolute Gasteiger partial charge is 0.478 e. The summed E-state index contributed by atoms with van der Waals surface area (Å²) in [6.07, 6.45) is 0. The van der Waals surface area contributed by atoms with Gasteiger partial charge in [0.05, 0.1) is 21.9 Å². The van der Waals surface area contributed by atoms with Crippen LogP contribution in [0.5, 0.6) is 0 Å². The number of carboxylic acids is 2. The first-order valence-electron chi connectivity index (χ1n) is 8.01. The highest BCUT2D eigenvalue weighted by Crippen LogP contribution is 2.21. The second-order valence-corrected chi connectivity index (χ2v) is 6.79. The van der Waals surface area contributed by atoms with Crippen molar-refractivity contribution in [1.29, 1.82) is 0 Å². The Hall–Kier alpha value is -3.57. The van der Waals surface area contributed by atoms with Crippen molar-refractivity contribution in [1.82, 2.24) is 0 Å². The van der Waals surface area contributed by atoms with E-state index in [1.807, 2.05) is 0 Å². The molecule has 0 fully saturated rings. The number of hydrogen-bond acceptors (Lipinski definition) is 8. The van der Waals surface area contributed by atoms with Gasteiger partial charge < -0.3 is 15.4 Å². The van der Waals surface area contributed by atoms with Crippen molar-refractivity contribution in [2.24, 2.45) is 0 Å². The lowest BCUT2D eigenvalue weighted by Crippen LogP contribution is -2.00. The number of carboxylic acid groups (broad SMARTS) is 2. The summed E-state index contributed by atoms with van der Waals surface area (Å²) in [6.45, 7) is 0. The number of nitro benzene ring substituents is 1. The van der Waals surface area contributed by atoms with Gasteiger partial charge >= 0.3 is 22.3 Å². The highest BCUT2D eigenvalue weighted by molar-refractivity contribution is 7.79. The van der Waals surface area contributed by atoms with E-state index in [0.29, 0.717) is 17.0 Å². The second kappa shape index (κ2) is 16.1. The molecule has 2 aromatic carbocycles. The maximum Gasteiger partial charge on any atom is 0.394 e. The molecule has 0 atom stereocenters. The van der Waals surface area contributed by atoms with Crippen molar-refractivity contribution in [2.45, 2.75) is 11.8 Å². The molecule has 0 radical (unpaired) electrons. The molecular weight excluding hydrogens is 531 g/mol. The minimum Gasteiger partial charge on any atom is -0.478 e. The van der Waals surface area contributed by atoms with Crippen molar-refractivity contribution >= 4 is 51.2 Å². The first kappa shape index (κ1) is 32.6. The summed E-state index contributed by atoms with van der Waals surface area (Å²) in [7, 11) is -4.67. The van der Waals surface area contributed by atoms with Crippen LogP contribution in [0.15, 0.2) is 42.5 Å². The van der Waals surface area contributed by atoms with E-state index in [1.165, 1.54) is 12.1 Å². The summed E-state index contributed by atoms with van der Waals surface area (Å²) in [5, 5.41) is 41.3. The summed E-state index contributed by atoms with van der Waals surface area (Å²) >= 11 is 11.0. The van der Waals surface area contributed by atoms with Gasteiger partial charge in [0.25, 0.3) is 10.8 Å². The van der Waals surface area contributed by atoms with Gasteiger partial charge in [-0.1, -0.05) is 18.2 Å². The van der Waals surface area contributed by atoms with E-state index in [1.54, 1.807) is 24.3 Å². The maximum atomic E-state index is 10.5. The van der Waals surface area contributed by atoms with Crippen molar-refractivity contribution < 1.29 is 52.5 Å². The Balaban J connectivity index is 0. The molecule has 0 spiro atoms. The fraction of sp³-hybridized carbons (Fsp3) is 0.125. The zero-order valence-electron chi connectivity index (χ0n) is 16.5. The number of hydrogen-bond donors (Lipinski definition) is 5. The summed E-state index contributed by atoms with van der Waals surface area (Å²) < 4.78 is 31.6. The van der Waals surface area contributed by atoms with E-state index in [0.717, 1.165) is 11.6 Å². The van der Waals surface area contributed by atoms with Crippen molar-refractivity contribution in [3.63, 3.8) is 0 Å². The Morgan fingerprint density at radius 1 is 0.853 bits per heavy atom. The van der Waals surface area contributed by atoms with Crippen LogP contribution in [0.25, 0.3) is 0 Å². The van der Waals surface area contributed by atoms with Crippen molar-refractivity contribution in [3.8, 4) is 0 Å². The van der Waals surface area contributed by atoms with Gasteiger partial charge in [0.1, 0.15) is 0 Å². The fourth-order valence-corrected chi connectivity index (χ4v) is 2.12. The smallest absolute Gasteiger partial charge is 0.394 e. The SMILES string of the molecule is O=C(O)c1ccc(CCl)c([N+](=O)[O-])c1.O=C(O)c1ccc(CCl)cc1.O=S(=O)(O)O.O=[N+]([O-])O. The van der Waals surface area contributed by atoms with Gasteiger partial charge in [-0.05, 0) is 23.8 Å². The molecular formula is C16H16Cl2N2O13S. The quantitative estimate of drug-likeness (QED) is 0.156. The minimum absolute atomic E-state index is 0.0176. The molecule has 0 bridgehead atoms. The highest BCUT2D eigenvalue weighted by atomic mass is 35.5. The van der Waals surface area contributed by atoms with Crippen LogP contribution in [0, 0.1) is 20.2 Å². The third kappa shape index (κ3) is 17.0. The van der Waals surface area contributed by atoms with E-state index in [-0.39, 0.29) is 17.1 Å². The molecule has 18 heteroatoms. The van der Waals surface area contributed by atoms with Crippen LogP contribution in [-0.4, -0.2) is 54.9 Å². The van der Waals surface area contributed by atoms with E-state index >= 15 is 0 Å². The summed E-state index contributed by atoms with van der Waals surface area (Å²) in [6, 6.07) is 10.1. The molecule has 0 amide bonds. The molecule has 0 aliphatic rings. The third-order valence-electron chi connectivity index (χ3n) is 3.03. The first-order valence-corrected chi connectivity index (χ1v) is 10.5. The monoisotopic (exact) mass is 546 g/mol. The van der Waals surface area contributed by atoms with Gasteiger partial charge in [0, 0.05) is 17.5 Å². The Bertz CT molecular complexity index is 1080. The molecule has 0 saturated heterocycles. The number of aromatic carboxylic acids is 2. The second-order valence-electron chi connectivity index (χ2n) is 5.36. The summed E-state index contributed by atoms with van der Waals surface area (Å²) in [5.41, 5.74) is 1.14. The normalized spacial score (nSPS) is 9.53. The van der Waals surface area contributed by atoms with E-state index in [2.05, 4.69) is 0 Å². The molecule has 0 saturated carbocycles. The predicted molar refractivity (Wildman–Crippen MR) is 116 cm³/mol. The fourth-order valence-electron chi connectivity index (χ4n) is 1.72. The summed E-state index contributed by atoms with van der Waals surface area (Å²) in [4.78, 5) is 39.1. The Kier molecular flexibility index (Phi) is 15.4. The van der Waals surface area contributed by atoms with Crippen LogP contribution in [-0.2, 0) is 22.2 Å². The zero-order chi connectivity index (χ0) is 27.1. The van der Waals surface area contributed by atoms with E-state index in [9.17, 15) is 19.7 Å². The van der Waals surface area contributed by atoms with Gasteiger partial charge in [-0.15, -0.1) is 33.3 Å². The molecule has 0 unspecified atom stereocenters. The number of halogens is 2. The molecule has 0 heterocycles. The van der Waals surface area contributed by atoms with Crippen molar-refractivity contribution in [3.05, 3.63) is 84.9 Å². The number of alkyl halides is 2. The van der Waals surface area contributed by atoms with Gasteiger partial charge in [0.2, 0.25) is 0 Å². The van der Waals surface area contributed by atoms with Crippen LogP contribution in [0.2, 0.25) is 0 Å². The van der Waals surface area contributed by atoms with Crippen LogP contribution >= 0.6 is 23.2 Å². The molecule has 34 heavy (non-hydrogen) atoms. The lowest BCUT2D eigenvalue weighted by molar-refractivity contribution is -0.742. The first-order chi connectivity index (χ1) is 15.5. The van der Waals surface area contributed by atoms with Gasteiger partial charge in [-0.3, -0.25) is 19.2 Å². The maximum absolute atomic E-state index is 10.5. The van der Waals surface area contributed by atoms with E-state index < -0.39 is 32.3 Å². The average molecular weight is 547 g/mol. The van der Waals surface area contributed by atoms with Gasteiger partial charge in [-0.25, -0.2) is 9.59 Å². The van der Waals surface area contributed by atoms with Crippen LogP contribution < -0.4 is 0 Å². The molecule has 5 N–H and O–H groups in total. The molecule has 2 rings (SSSR count). The highest BCUT2D eigenvalue weighted by Gasteiger charge is 2.16. The van der Waals surface area contributed by atoms with Crippen LogP contribution in [0.1, 0.15) is 31.8 Å². The molecule has 0 aliphatic heterocycles. The van der Waals surface area contributed by atoms with Crippen LogP contribution in [0.4, 0.5) is 5.69 Å². The lowest BCUT2D eigenvalue weighted by Gasteiger charge is -1.99. The standard InChI is InChI=1S/C8H6ClNO4.C8H7ClO2.HNO3.H2O4S/c9-4-6-2-1-5(8(11)12)3-7(6)10(13)14;9-5-6-1-3-7(4-2-6)8(10)11;2-1(3)4;1-5(2,3)4/h1-3H,4H2,(H,11,12);1-4H,5H2,(H,10,11);(H,2,3,4);(H2,1,2,3,4). The number of nitro groups is 1. The van der Waals surface area contributed by atoms with Crippen molar-refractivity contribution in [2.75, 3.05) is 0 Å². The molecule has 0 aromatic heterocycles. The minimum atomic E-state index is -4.67. The van der Waals surface area contributed by atoms with E-state index in [4.69, 9.17) is 66.3 Å². The Labute approximate surface area is 200 Å². The topological polar surface area (TPSA) is 256 Å². The average Bonchev–Trinajstić information content (AvgIpc) is 2.72. The number of rotatable bonds is 5. The molecule has 188 valence electrons. The number of carbonyl (C=O) groups is 2. The molecule has 0 aliphatic carbocycles. The Morgan fingerprint density at radius 3 is 1.53 bits per heavy atom. The zero-order valence-corrected chi connectivity index (χ0v) is 18.8. The molecule has 2 aromatic rings. The van der Waals surface area contributed by atoms with Crippen LogP contribution in [0.3, 0.4) is 0 Å². The predicted octanol–water partition coefficient (Wildman–Crippen LogP) is 3.15. The third-order valence-corrected chi connectivity index (χ3v) is 3.62. The molecule has 15 nitrogen and oxygen atoms in total. The number of benzene rings is 2. The summed E-state index contributed by atoms with van der Waals surface area (Å²) in [5.74, 6) is -1.71. The number of nitrogens with zero attached hydrogens (tertiary/aromatic N) is 2. The Morgan fingerprint density at radius 2 is 1.24 bits per heavy atom. The lowest BCUT2D eigenvalue weighted by atomic mass is 10.1. The van der Waals surface area contributed by atoms with Gasteiger partial charge in [-0.2, -0.15) is 8.42 Å². The van der Waals surface area contributed by atoms with Gasteiger partial charge in [0.15, 0.2) is 0 Å².